The summed E-state index contributed by atoms with van der Waals surface area (Å²) in [6.07, 6.45) is 0.297. The summed E-state index contributed by atoms with van der Waals surface area (Å²) in [5, 5.41) is 2.42. The maximum absolute atomic E-state index is 11.7. The van der Waals surface area contributed by atoms with Gasteiger partial charge in [-0.3, -0.25) is 4.79 Å². The first-order chi connectivity index (χ1) is 10.5. The van der Waals surface area contributed by atoms with Crippen LogP contribution in [0.15, 0.2) is 30.3 Å². The van der Waals surface area contributed by atoms with Crippen molar-refractivity contribution in [2.75, 3.05) is 6.61 Å². The molecular weight excluding hydrogens is 288 g/mol. The van der Waals surface area contributed by atoms with Gasteiger partial charge in [0.15, 0.2) is 6.61 Å². The van der Waals surface area contributed by atoms with Crippen molar-refractivity contribution in [2.45, 2.75) is 32.4 Å². The van der Waals surface area contributed by atoms with E-state index in [1.165, 1.54) is 0 Å². The van der Waals surface area contributed by atoms with E-state index in [9.17, 15) is 14.4 Å². The maximum atomic E-state index is 11.7. The quantitative estimate of drug-likeness (QED) is 0.699. The van der Waals surface area contributed by atoms with Crippen LogP contribution in [0.2, 0.25) is 0 Å². The summed E-state index contributed by atoms with van der Waals surface area (Å²) in [5.41, 5.74) is 5.73. The number of hydrogen-bond donors (Lipinski definition) is 2. The first-order valence-corrected chi connectivity index (χ1v) is 6.95. The largest absolute Gasteiger partial charge is 0.454 e. The van der Waals surface area contributed by atoms with Crippen molar-refractivity contribution >= 4 is 18.0 Å². The van der Waals surface area contributed by atoms with Crippen LogP contribution in [0.5, 0.6) is 0 Å². The lowest BCUT2D eigenvalue weighted by Crippen LogP contribution is -2.42. The Balaban J connectivity index is 2.45. The predicted molar refractivity (Wildman–Crippen MR) is 78.6 cm³/mol. The Hall–Kier alpha value is -2.57. The van der Waals surface area contributed by atoms with Gasteiger partial charge in [0, 0.05) is 0 Å². The van der Waals surface area contributed by atoms with Crippen LogP contribution >= 0.6 is 0 Å². The van der Waals surface area contributed by atoms with Gasteiger partial charge >= 0.3 is 12.1 Å². The lowest BCUT2D eigenvalue weighted by Gasteiger charge is -2.16. The molecule has 0 bridgehead atoms. The summed E-state index contributed by atoms with van der Waals surface area (Å²) >= 11 is 0. The van der Waals surface area contributed by atoms with Crippen molar-refractivity contribution in [3.63, 3.8) is 0 Å². The fourth-order valence-electron chi connectivity index (χ4n) is 1.69. The fraction of sp³-hybridized carbons (Fsp3) is 0.400. The van der Waals surface area contributed by atoms with Gasteiger partial charge in [0.25, 0.3) is 5.91 Å². The van der Waals surface area contributed by atoms with Crippen LogP contribution in [0.25, 0.3) is 0 Å². The van der Waals surface area contributed by atoms with E-state index in [0.29, 0.717) is 12.8 Å². The minimum Gasteiger partial charge on any atom is -0.454 e. The van der Waals surface area contributed by atoms with Crippen molar-refractivity contribution in [3.8, 4) is 0 Å². The van der Waals surface area contributed by atoms with Gasteiger partial charge < -0.3 is 20.5 Å². The third-order valence-corrected chi connectivity index (χ3v) is 2.72. The molecule has 0 radical (unpaired) electrons. The topological polar surface area (TPSA) is 108 Å². The molecular formula is C15H20N2O5. The number of ether oxygens (including phenoxy) is 2. The van der Waals surface area contributed by atoms with Crippen LogP contribution in [0.3, 0.4) is 0 Å². The van der Waals surface area contributed by atoms with Crippen LogP contribution < -0.4 is 11.1 Å². The molecule has 0 fully saturated rings. The highest BCUT2D eigenvalue weighted by Gasteiger charge is 2.22. The number of carbonyl (C=O) groups is 3. The Morgan fingerprint density at radius 2 is 1.86 bits per heavy atom. The Morgan fingerprint density at radius 1 is 1.18 bits per heavy atom. The number of amides is 2. The number of nitrogens with one attached hydrogen (secondary N) is 1. The highest BCUT2D eigenvalue weighted by Crippen LogP contribution is 2.03. The molecule has 0 aliphatic carbocycles. The molecule has 1 atom stereocenters. The molecule has 120 valence electrons. The van der Waals surface area contributed by atoms with Gasteiger partial charge in [-0.05, 0) is 12.0 Å². The van der Waals surface area contributed by atoms with Gasteiger partial charge in [-0.25, -0.2) is 9.59 Å². The van der Waals surface area contributed by atoms with E-state index in [0.717, 1.165) is 5.56 Å². The van der Waals surface area contributed by atoms with Crippen molar-refractivity contribution < 1.29 is 23.9 Å². The number of esters is 1. The highest BCUT2D eigenvalue weighted by atomic mass is 16.6. The average Bonchev–Trinajstić information content (AvgIpc) is 2.51. The second kappa shape index (κ2) is 9.38. The van der Waals surface area contributed by atoms with Crippen molar-refractivity contribution in [1.82, 2.24) is 5.32 Å². The Morgan fingerprint density at radius 3 is 2.45 bits per heavy atom. The molecule has 0 unspecified atom stereocenters. The minimum atomic E-state index is -0.868. The first-order valence-electron chi connectivity index (χ1n) is 6.95. The lowest BCUT2D eigenvalue weighted by molar-refractivity contribution is -0.149. The molecule has 0 saturated carbocycles. The van der Waals surface area contributed by atoms with Gasteiger partial charge in [-0.2, -0.15) is 0 Å². The van der Waals surface area contributed by atoms with Gasteiger partial charge in [0.05, 0.1) is 0 Å². The van der Waals surface area contributed by atoms with E-state index in [2.05, 4.69) is 5.32 Å². The number of benzene rings is 1. The average molecular weight is 308 g/mol. The number of nitrogens with two attached hydrogens (primary N) is 1. The van der Waals surface area contributed by atoms with Crippen LogP contribution in [-0.2, 0) is 25.7 Å². The van der Waals surface area contributed by atoms with Gasteiger partial charge in [0.2, 0.25) is 0 Å². The minimum absolute atomic E-state index is 0.0991. The Bertz CT molecular complexity index is 504. The summed E-state index contributed by atoms with van der Waals surface area (Å²) in [4.78, 5) is 34.1. The van der Waals surface area contributed by atoms with E-state index < -0.39 is 30.6 Å². The molecule has 3 N–H and O–H groups in total. The SMILES string of the molecule is CCC[C@H](NC(=O)OCc1ccccc1)C(=O)OCC(N)=O. The molecule has 0 saturated heterocycles. The fourth-order valence-corrected chi connectivity index (χ4v) is 1.69. The van der Waals surface area contributed by atoms with Crippen molar-refractivity contribution in [2.24, 2.45) is 5.73 Å². The molecule has 0 aliphatic heterocycles. The third kappa shape index (κ3) is 6.74. The second-order valence-electron chi connectivity index (χ2n) is 4.62. The molecule has 7 nitrogen and oxygen atoms in total. The zero-order valence-electron chi connectivity index (χ0n) is 12.4. The molecule has 7 heteroatoms. The second-order valence-corrected chi connectivity index (χ2v) is 4.62. The number of carbonyl (C=O) groups excluding carboxylic acids is 3. The monoisotopic (exact) mass is 308 g/mol. The molecule has 1 aromatic carbocycles. The summed E-state index contributed by atoms with van der Waals surface area (Å²) in [7, 11) is 0. The van der Waals surface area contributed by atoms with E-state index in [-0.39, 0.29) is 6.61 Å². The number of alkyl carbamates (subject to hydrolysis) is 1. The normalized spacial score (nSPS) is 11.3. The lowest BCUT2D eigenvalue weighted by atomic mass is 10.2. The number of hydrogen-bond acceptors (Lipinski definition) is 5. The van der Waals surface area contributed by atoms with E-state index in [1.54, 1.807) is 0 Å². The summed E-state index contributed by atoms with van der Waals surface area (Å²) in [5.74, 6) is -1.47. The number of rotatable bonds is 8. The predicted octanol–water partition coefficient (Wildman–Crippen LogP) is 1.11. The number of primary amides is 1. The smallest absolute Gasteiger partial charge is 0.408 e. The summed E-state index contributed by atoms with van der Waals surface area (Å²) in [6.45, 7) is 1.44. The van der Waals surface area contributed by atoms with Crippen molar-refractivity contribution in [1.29, 1.82) is 0 Å². The summed E-state index contributed by atoms with van der Waals surface area (Å²) < 4.78 is 9.73. The molecule has 1 aromatic rings. The Kier molecular flexibility index (Phi) is 7.45. The van der Waals surface area contributed by atoms with Crippen LogP contribution in [-0.4, -0.2) is 30.6 Å². The zero-order chi connectivity index (χ0) is 16.4. The maximum Gasteiger partial charge on any atom is 0.408 e. The van der Waals surface area contributed by atoms with E-state index in [1.807, 2.05) is 37.3 Å². The molecule has 1 rings (SSSR count). The first kappa shape index (κ1) is 17.5. The van der Waals surface area contributed by atoms with Gasteiger partial charge in [-0.1, -0.05) is 43.7 Å². The molecule has 2 amide bonds. The molecule has 22 heavy (non-hydrogen) atoms. The third-order valence-electron chi connectivity index (χ3n) is 2.72. The van der Waals surface area contributed by atoms with Gasteiger partial charge in [-0.15, -0.1) is 0 Å². The molecule has 0 aliphatic rings. The standard InChI is InChI=1S/C15H20N2O5/c1-2-6-12(14(19)21-10-13(16)18)17-15(20)22-9-11-7-4-3-5-8-11/h3-5,7-8,12H,2,6,9-10H2,1H3,(H2,16,18)(H,17,20)/t12-/m0/s1. The van der Waals surface area contributed by atoms with Crippen LogP contribution in [0.4, 0.5) is 4.79 Å². The molecule has 0 spiro atoms. The van der Waals surface area contributed by atoms with E-state index >= 15 is 0 Å². The van der Waals surface area contributed by atoms with Crippen LogP contribution in [0.1, 0.15) is 25.3 Å². The summed E-state index contributed by atoms with van der Waals surface area (Å²) in [6, 6.07) is 8.29. The van der Waals surface area contributed by atoms with Gasteiger partial charge in [0.1, 0.15) is 12.6 Å². The van der Waals surface area contributed by atoms with Crippen LogP contribution in [0, 0.1) is 0 Å². The Labute approximate surface area is 128 Å². The zero-order valence-corrected chi connectivity index (χ0v) is 12.4. The molecule has 0 aromatic heterocycles. The highest BCUT2D eigenvalue weighted by molar-refractivity contribution is 5.84. The van der Waals surface area contributed by atoms with E-state index in [4.69, 9.17) is 15.2 Å². The van der Waals surface area contributed by atoms with Crippen molar-refractivity contribution in [3.05, 3.63) is 35.9 Å². The molecule has 0 heterocycles.